The number of rotatable bonds is 4. The van der Waals surface area contributed by atoms with Crippen molar-refractivity contribution < 1.29 is 14.3 Å². The monoisotopic (exact) mass is 347 g/mol. The lowest BCUT2D eigenvalue weighted by molar-refractivity contribution is -0.112. The van der Waals surface area contributed by atoms with Crippen LogP contribution in [0.4, 0.5) is 10.1 Å². The van der Waals surface area contributed by atoms with Crippen LogP contribution in [0.2, 0.25) is 0 Å². The molecule has 128 valence electrons. The number of nitrogens with one attached hydrogen (secondary N) is 1. The molecule has 2 N–H and O–H groups in total. The van der Waals surface area contributed by atoms with Crippen LogP contribution in [-0.2, 0) is 4.79 Å². The van der Waals surface area contributed by atoms with Gasteiger partial charge in [0.1, 0.15) is 23.2 Å². The van der Waals surface area contributed by atoms with Crippen molar-refractivity contribution >= 4 is 17.7 Å². The van der Waals surface area contributed by atoms with Gasteiger partial charge in [-0.15, -0.1) is 0 Å². The molecule has 0 aliphatic carbocycles. The number of carbonyl (C=O) groups excluding carboxylic acids is 1. The number of phenols is 1. The van der Waals surface area contributed by atoms with Crippen molar-refractivity contribution in [2.45, 2.75) is 0 Å². The van der Waals surface area contributed by atoms with Gasteiger partial charge in [0.2, 0.25) is 0 Å². The summed E-state index contributed by atoms with van der Waals surface area (Å²) in [4.78, 5) is 12.3. The molecular weight excluding hydrogens is 333 g/mol. The summed E-state index contributed by atoms with van der Waals surface area (Å²) in [5.41, 5.74) is 1.70. The molecule has 6 heteroatoms. The smallest absolute Gasteiger partial charge is 0.266 e. The maximum absolute atomic E-state index is 12.9. The van der Waals surface area contributed by atoms with Crippen LogP contribution in [0.3, 0.4) is 0 Å². The van der Waals surface area contributed by atoms with Crippen LogP contribution in [0.25, 0.3) is 11.8 Å². The normalized spacial score (nSPS) is 11.0. The first kappa shape index (κ1) is 17.0. The summed E-state index contributed by atoms with van der Waals surface area (Å²) >= 11 is 0. The molecule has 0 atom stereocenters. The van der Waals surface area contributed by atoms with Crippen molar-refractivity contribution in [3.8, 4) is 17.5 Å². The Morgan fingerprint density at radius 3 is 2.46 bits per heavy atom. The Morgan fingerprint density at radius 1 is 1.12 bits per heavy atom. The van der Waals surface area contributed by atoms with Crippen LogP contribution >= 0.6 is 0 Å². The lowest BCUT2D eigenvalue weighted by Gasteiger charge is -2.08. The number of hydrogen-bond donors (Lipinski definition) is 2. The Morgan fingerprint density at radius 2 is 1.81 bits per heavy atom. The second-order valence-corrected chi connectivity index (χ2v) is 5.45. The SMILES string of the molecule is N#CC(=Cc1cccn1-c1ccc(O)cc1)C(=O)Nc1ccc(F)cc1. The van der Waals surface area contributed by atoms with Crippen LogP contribution < -0.4 is 5.32 Å². The minimum Gasteiger partial charge on any atom is -0.508 e. The molecule has 1 aromatic heterocycles. The fourth-order valence-corrected chi connectivity index (χ4v) is 2.39. The van der Waals surface area contributed by atoms with Crippen molar-refractivity contribution in [2.24, 2.45) is 0 Å². The Hall–Kier alpha value is -3.85. The standard InChI is InChI=1S/C20H14FN3O2/c21-15-3-5-16(6-4-15)23-20(26)14(13-22)12-18-2-1-11-24(18)17-7-9-19(25)10-8-17/h1-12,25H,(H,23,26). The summed E-state index contributed by atoms with van der Waals surface area (Å²) in [5.74, 6) is -0.849. The number of carbonyl (C=O) groups is 1. The lowest BCUT2D eigenvalue weighted by Crippen LogP contribution is -2.13. The molecule has 0 aliphatic rings. The summed E-state index contributed by atoms with van der Waals surface area (Å²) in [7, 11) is 0. The quantitative estimate of drug-likeness (QED) is 0.555. The van der Waals surface area contributed by atoms with Crippen LogP contribution in [0.1, 0.15) is 5.69 Å². The van der Waals surface area contributed by atoms with Gasteiger partial charge in [0.05, 0.1) is 0 Å². The number of benzene rings is 2. The van der Waals surface area contributed by atoms with Gasteiger partial charge >= 0.3 is 0 Å². The molecule has 0 bridgehead atoms. The van der Waals surface area contributed by atoms with E-state index in [2.05, 4.69) is 5.32 Å². The number of aromatic hydroxyl groups is 1. The molecule has 26 heavy (non-hydrogen) atoms. The summed E-state index contributed by atoms with van der Waals surface area (Å²) in [6.45, 7) is 0. The van der Waals surface area contributed by atoms with Crippen molar-refractivity contribution in [3.05, 3.63) is 83.9 Å². The van der Waals surface area contributed by atoms with Gasteiger partial charge in [-0.3, -0.25) is 4.79 Å². The van der Waals surface area contributed by atoms with Gasteiger partial charge in [0.15, 0.2) is 0 Å². The van der Waals surface area contributed by atoms with E-state index in [9.17, 15) is 19.6 Å². The molecule has 1 heterocycles. The van der Waals surface area contributed by atoms with E-state index >= 15 is 0 Å². The van der Waals surface area contributed by atoms with Crippen LogP contribution in [0, 0.1) is 17.1 Å². The molecule has 0 saturated heterocycles. The van der Waals surface area contributed by atoms with Gasteiger partial charge in [-0.25, -0.2) is 4.39 Å². The predicted octanol–water partition coefficient (Wildman–Crippen LogP) is 3.87. The highest BCUT2D eigenvalue weighted by Crippen LogP contribution is 2.19. The van der Waals surface area contributed by atoms with Gasteiger partial charge in [-0.05, 0) is 66.7 Å². The molecule has 0 spiro atoms. The highest BCUT2D eigenvalue weighted by Gasteiger charge is 2.11. The Balaban J connectivity index is 1.87. The number of aromatic nitrogens is 1. The Bertz CT molecular complexity index is 997. The highest BCUT2D eigenvalue weighted by atomic mass is 19.1. The minimum atomic E-state index is -0.586. The summed E-state index contributed by atoms with van der Waals surface area (Å²) < 4.78 is 14.7. The minimum absolute atomic E-state index is 0.0898. The van der Waals surface area contributed by atoms with Crippen molar-refractivity contribution in [3.63, 3.8) is 0 Å². The van der Waals surface area contributed by atoms with Crippen LogP contribution in [0.5, 0.6) is 5.75 Å². The van der Waals surface area contributed by atoms with Gasteiger partial charge in [-0.1, -0.05) is 0 Å². The van der Waals surface area contributed by atoms with Crippen LogP contribution in [-0.4, -0.2) is 15.6 Å². The molecule has 0 unspecified atom stereocenters. The zero-order chi connectivity index (χ0) is 18.5. The fraction of sp³-hybridized carbons (Fsp3) is 0. The van der Waals surface area contributed by atoms with E-state index in [4.69, 9.17) is 0 Å². The molecule has 3 aromatic rings. The van der Waals surface area contributed by atoms with Crippen molar-refractivity contribution in [1.82, 2.24) is 4.57 Å². The third-order valence-corrected chi connectivity index (χ3v) is 3.67. The maximum atomic E-state index is 12.9. The largest absolute Gasteiger partial charge is 0.508 e. The number of halogens is 1. The van der Waals surface area contributed by atoms with Gasteiger partial charge < -0.3 is 15.0 Å². The van der Waals surface area contributed by atoms with E-state index in [1.807, 2.05) is 6.07 Å². The van der Waals surface area contributed by atoms with Gasteiger partial charge in [0.25, 0.3) is 5.91 Å². The molecule has 0 radical (unpaired) electrons. The molecule has 3 rings (SSSR count). The number of nitrogens with zero attached hydrogens (tertiary/aromatic N) is 2. The molecular formula is C20H14FN3O2. The number of anilines is 1. The predicted molar refractivity (Wildman–Crippen MR) is 96.1 cm³/mol. The summed E-state index contributed by atoms with van der Waals surface area (Å²) in [6, 6.07) is 17.2. The number of amides is 1. The highest BCUT2D eigenvalue weighted by molar-refractivity contribution is 6.09. The molecule has 0 fully saturated rings. The molecule has 5 nitrogen and oxygen atoms in total. The topological polar surface area (TPSA) is 78.1 Å². The first-order valence-corrected chi connectivity index (χ1v) is 7.72. The second-order valence-electron chi connectivity index (χ2n) is 5.45. The summed E-state index contributed by atoms with van der Waals surface area (Å²) in [5, 5.41) is 21.3. The molecule has 0 aliphatic heterocycles. The van der Waals surface area contributed by atoms with E-state index in [-0.39, 0.29) is 11.3 Å². The maximum Gasteiger partial charge on any atom is 0.266 e. The number of nitriles is 1. The summed E-state index contributed by atoms with van der Waals surface area (Å²) in [6.07, 6.45) is 3.25. The first-order valence-electron chi connectivity index (χ1n) is 7.72. The third-order valence-electron chi connectivity index (χ3n) is 3.67. The number of hydrogen-bond acceptors (Lipinski definition) is 3. The average Bonchev–Trinajstić information content (AvgIpc) is 3.10. The zero-order valence-electron chi connectivity index (χ0n) is 13.6. The van der Waals surface area contributed by atoms with Gasteiger partial charge in [-0.2, -0.15) is 5.26 Å². The average molecular weight is 347 g/mol. The van der Waals surface area contributed by atoms with Crippen molar-refractivity contribution in [1.29, 1.82) is 5.26 Å². The third kappa shape index (κ3) is 3.79. The van der Waals surface area contributed by atoms with E-state index in [1.165, 1.54) is 30.3 Å². The lowest BCUT2D eigenvalue weighted by atomic mass is 10.2. The van der Waals surface area contributed by atoms with E-state index in [0.717, 1.165) is 5.69 Å². The Labute approximate surface area is 149 Å². The van der Waals surface area contributed by atoms with E-state index < -0.39 is 11.7 Å². The number of phenolic OH excluding ortho intramolecular Hbond substituents is 1. The Kier molecular flexibility index (Phi) is 4.81. The van der Waals surface area contributed by atoms with Crippen LogP contribution in [0.15, 0.2) is 72.4 Å². The molecule has 0 saturated carbocycles. The molecule has 1 amide bonds. The zero-order valence-corrected chi connectivity index (χ0v) is 13.6. The van der Waals surface area contributed by atoms with E-state index in [1.54, 1.807) is 47.2 Å². The van der Waals surface area contributed by atoms with Crippen molar-refractivity contribution in [2.75, 3.05) is 5.32 Å². The van der Waals surface area contributed by atoms with E-state index in [0.29, 0.717) is 11.4 Å². The fourth-order valence-electron chi connectivity index (χ4n) is 2.39. The van der Waals surface area contributed by atoms with Gasteiger partial charge in [0, 0.05) is 23.3 Å². The second kappa shape index (κ2) is 7.36. The molecule has 2 aromatic carbocycles. The first-order chi connectivity index (χ1) is 12.6.